The molecule has 1 aromatic rings. The Labute approximate surface area is 79.8 Å². The summed E-state index contributed by atoms with van der Waals surface area (Å²) in [5.41, 5.74) is 5.09. The number of hydrogen-bond donors (Lipinski definition) is 3. The maximum atomic E-state index is 12.8. The van der Waals surface area contributed by atoms with E-state index in [1.54, 1.807) is 0 Å². The largest absolute Gasteiger partial charge is 0.504 e. The van der Waals surface area contributed by atoms with Crippen molar-refractivity contribution < 1.29 is 19.0 Å². The summed E-state index contributed by atoms with van der Waals surface area (Å²) in [6, 6.07) is 3.58. The topological polar surface area (TPSA) is 66.5 Å². The number of hydrogen-bond acceptors (Lipinski definition) is 3. The van der Waals surface area contributed by atoms with Gasteiger partial charge in [0.25, 0.3) is 5.92 Å². The first-order valence-electron chi connectivity index (χ1n) is 4.03. The van der Waals surface area contributed by atoms with E-state index in [1.165, 1.54) is 6.07 Å². The quantitative estimate of drug-likeness (QED) is 0.647. The number of nitrogens with two attached hydrogens (primary N) is 1. The first kappa shape index (κ1) is 10.7. The Morgan fingerprint density at radius 2 is 1.86 bits per heavy atom. The van der Waals surface area contributed by atoms with Crippen molar-refractivity contribution in [2.24, 2.45) is 5.73 Å². The van der Waals surface area contributed by atoms with Crippen molar-refractivity contribution in [3.05, 3.63) is 23.8 Å². The van der Waals surface area contributed by atoms with Gasteiger partial charge in [-0.3, -0.25) is 0 Å². The van der Waals surface area contributed by atoms with Crippen molar-refractivity contribution >= 4 is 0 Å². The van der Waals surface area contributed by atoms with Crippen LogP contribution in [0.4, 0.5) is 8.78 Å². The highest BCUT2D eigenvalue weighted by Gasteiger charge is 2.27. The molecule has 0 aliphatic carbocycles. The van der Waals surface area contributed by atoms with E-state index >= 15 is 0 Å². The van der Waals surface area contributed by atoms with Gasteiger partial charge in [-0.15, -0.1) is 0 Å². The molecule has 1 rings (SSSR count). The fraction of sp³-hybridized carbons (Fsp3) is 0.333. The van der Waals surface area contributed by atoms with Crippen LogP contribution in [0, 0.1) is 0 Å². The Morgan fingerprint density at radius 1 is 1.21 bits per heavy atom. The SMILES string of the molecule is NCC(F)(F)Cc1ccc(O)c(O)c1. The van der Waals surface area contributed by atoms with Gasteiger partial charge >= 0.3 is 0 Å². The second kappa shape index (κ2) is 3.79. The fourth-order valence-corrected chi connectivity index (χ4v) is 1.05. The molecule has 0 bridgehead atoms. The average molecular weight is 203 g/mol. The van der Waals surface area contributed by atoms with Crippen LogP contribution in [0.15, 0.2) is 18.2 Å². The van der Waals surface area contributed by atoms with Gasteiger partial charge in [-0.1, -0.05) is 6.07 Å². The predicted octanol–water partition coefficient (Wildman–Crippen LogP) is 1.23. The highest BCUT2D eigenvalue weighted by molar-refractivity contribution is 5.40. The zero-order valence-electron chi connectivity index (χ0n) is 7.37. The lowest BCUT2D eigenvalue weighted by Gasteiger charge is -2.13. The number of alkyl halides is 2. The minimum atomic E-state index is -2.98. The number of aromatic hydroxyl groups is 2. The molecule has 0 heterocycles. The van der Waals surface area contributed by atoms with Gasteiger partial charge in [-0.2, -0.15) is 0 Å². The van der Waals surface area contributed by atoms with E-state index in [-0.39, 0.29) is 11.3 Å². The molecular weight excluding hydrogens is 192 g/mol. The molecule has 1 aromatic carbocycles. The van der Waals surface area contributed by atoms with Crippen LogP contribution in [0.5, 0.6) is 11.5 Å². The van der Waals surface area contributed by atoms with E-state index in [0.29, 0.717) is 0 Å². The summed E-state index contributed by atoms with van der Waals surface area (Å²) in [6.07, 6.45) is -0.544. The normalized spacial score (nSPS) is 11.6. The lowest BCUT2D eigenvalue weighted by Crippen LogP contribution is -2.30. The van der Waals surface area contributed by atoms with E-state index in [9.17, 15) is 8.78 Å². The summed E-state index contributed by atoms with van der Waals surface area (Å²) >= 11 is 0. The molecule has 4 N–H and O–H groups in total. The minimum absolute atomic E-state index is 0.232. The number of halogens is 2. The third-order valence-corrected chi connectivity index (χ3v) is 1.80. The van der Waals surface area contributed by atoms with Crippen molar-refractivity contribution in [3.8, 4) is 11.5 Å². The van der Waals surface area contributed by atoms with Crippen LogP contribution in [0.2, 0.25) is 0 Å². The third-order valence-electron chi connectivity index (χ3n) is 1.80. The smallest absolute Gasteiger partial charge is 0.264 e. The second-order valence-corrected chi connectivity index (χ2v) is 3.06. The van der Waals surface area contributed by atoms with Crippen LogP contribution >= 0.6 is 0 Å². The predicted molar refractivity (Wildman–Crippen MR) is 47.5 cm³/mol. The summed E-state index contributed by atoms with van der Waals surface area (Å²) in [5.74, 6) is -3.72. The lowest BCUT2D eigenvalue weighted by molar-refractivity contribution is 0.0114. The van der Waals surface area contributed by atoms with Crippen LogP contribution in [-0.2, 0) is 6.42 Å². The van der Waals surface area contributed by atoms with Gasteiger partial charge in [0.05, 0.1) is 6.54 Å². The zero-order valence-corrected chi connectivity index (χ0v) is 7.37. The van der Waals surface area contributed by atoms with Crippen molar-refractivity contribution in [2.45, 2.75) is 12.3 Å². The summed E-state index contributed by atoms with van der Waals surface area (Å²) in [6.45, 7) is -0.741. The summed E-state index contributed by atoms with van der Waals surface area (Å²) in [5, 5.41) is 18.0. The Kier molecular flexibility index (Phi) is 2.90. The molecule has 14 heavy (non-hydrogen) atoms. The third kappa shape index (κ3) is 2.56. The first-order valence-corrected chi connectivity index (χ1v) is 4.03. The maximum absolute atomic E-state index is 12.8. The van der Waals surface area contributed by atoms with Gasteiger partial charge in [0, 0.05) is 6.42 Å². The van der Waals surface area contributed by atoms with E-state index < -0.39 is 24.6 Å². The van der Waals surface area contributed by atoms with E-state index in [0.717, 1.165) is 12.1 Å². The average Bonchev–Trinajstić information content (AvgIpc) is 2.11. The monoisotopic (exact) mass is 203 g/mol. The van der Waals surface area contributed by atoms with Gasteiger partial charge in [0.2, 0.25) is 0 Å². The molecule has 0 aromatic heterocycles. The van der Waals surface area contributed by atoms with E-state index in [1.807, 2.05) is 0 Å². The second-order valence-electron chi connectivity index (χ2n) is 3.06. The Hall–Kier alpha value is -1.36. The molecule has 0 unspecified atom stereocenters. The standard InChI is InChI=1S/C9H11F2NO2/c10-9(11,5-12)4-6-1-2-7(13)8(14)3-6/h1-3,13-14H,4-5,12H2. The van der Waals surface area contributed by atoms with Crippen LogP contribution in [-0.4, -0.2) is 22.7 Å². The fourth-order valence-electron chi connectivity index (χ4n) is 1.05. The van der Waals surface area contributed by atoms with Crippen LogP contribution in [0.25, 0.3) is 0 Å². The van der Waals surface area contributed by atoms with Crippen LogP contribution in [0.3, 0.4) is 0 Å². The van der Waals surface area contributed by atoms with Gasteiger partial charge in [-0.05, 0) is 17.7 Å². The molecule has 0 saturated carbocycles. The molecule has 3 nitrogen and oxygen atoms in total. The molecule has 0 aliphatic heterocycles. The Bertz CT molecular complexity index is 329. The summed E-state index contributed by atoms with van der Waals surface area (Å²) < 4.78 is 25.6. The lowest BCUT2D eigenvalue weighted by atomic mass is 10.1. The molecule has 0 aliphatic rings. The minimum Gasteiger partial charge on any atom is -0.504 e. The van der Waals surface area contributed by atoms with E-state index in [4.69, 9.17) is 15.9 Å². The van der Waals surface area contributed by atoms with Crippen molar-refractivity contribution in [1.82, 2.24) is 0 Å². The van der Waals surface area contributed by atoms with Gasteiger partial charge in [0.15, 0.2) is 11.5 Å². The first-order chi connectivity index (χ1) is 6.44. The van der Waals surface area contributed by atoms with E-state index in [2.05, 4.69) is 0 Å². The number of phenolic OH excluding ortho intramolecular Hbond substituents is 2. The van der Waals surface area contributed by atoms with Crippen LogP contribution in [0.1, 0.15) is 5.56 Å². The molecule has 0 atom stereocenters. The highest BCUT2D eigenvalue weighted by atomic mass is 19.3. The number of benzene rings is 1. The molecule has 0 saturated heterocycles. The van der Waals surface area contributed by atoms with Gasteiger partial charge < -0.3 is 15.9 Å². The highest BCUT2D eigenvalue weighted by Crippen LogP contribution is 2.27. The molecule has 5 heteroatoms. The van der Waals surface area contributed by atoms with Gasteiger partial charge in [0.1, 0.15) is 0 Å². The molecule has 78 valence electrons. The maximum Gasteiger partial charge on any atom is 0.264 e. The summed E-state index contributed by atoms with van der Waals surface area (Å²) in [4.78, 5) is 0. The Balaban J connectivity index is 2.83. The number of phenols is 2. The zero-order chi connectivity index (χ0) is 10.8. The molecule has 0 radical (unpaired) electrons. The molecule has 0 fully saturated rings. The van der Waals surface area contributed by atoms with Crippen molar-refractivity contribution in [3.63, 3.8) is 0 Å². The molecular formula is C9H11F2NO2. The molecule has 0 spiro atoms. The Morgan fingerprint density at radius 3 is 2.36 bits per heavy atom. The number of rotatable bonds is 3. The van der Waals surface area contributed by atoms with Gasteiger partial charge in [-0.25, -0.2) is 8.78 Å². The van der Waals surface area contributed by atoms with Crippen LogP contribution < -0.4 is 5.73 Å². The summed E-state index contributed by atoms with van der Waals surface area (Å²) in [7, 11) is 0. The van der Waals surface area contributed by atoms with Crippen molar-refractivity contribution in [1.29, 1.82) is 0 Å². The van der Waals surface area contributed by atoms with Crippen molar-refractivity contribution in [2.75, 3.05) is 6.54 Å². The molecule has 0 amide bonds.